The summed E-state index contributed by atoms with van der Waals surface area (Å²) in [5.41, 5.74) is 0.0412. The average molecular weight is 502 g/mol. The van der Waals surface area contributed by atoms with Gasteiger partial charge in [-0.3, -0.25) is 19.2 Å². The second-order valence-corrected chi connectivity index (χ2v) is 8.84. The fourth-order valence-electron chi connectivity index (χ4n) is 3.52. The Morgan fingerprint density at radius 2 is 1.79 bits per heavy atom. The zero-order chi connectivity index (χ0) is 24.9. The molecule has 4 N–H and O–H groups in total. The van der Waals surface area contributed by atoms with Crippen molar-refractivity contribution in [1.29, 1.82) is 0 Å². The van der Waals surface area contributed by atoms with E-state index >= 15 is 0 Å². The smallest absolute Gasteiger partial charge is 0.305 e. The lowest BCUT2D eigenvalue weighted by atomic mass is 10.0. The van der Waals surface area contributed by atoms with E-state index in [0.717, 1.165) is 0 Å². The molecule has 1 saturated heterocycles. The largest absolute Gasteiger partial charge is 0.505 e. The van der Waals surface area contributed by atoms with Crippen molar-refractivity contribution in [3.8, 4) is 5.75 Å². The summed E-state index contributed by atoms with van der Waals surface area (Å²) in [5.74, 6) is -3.73. The first-order valence-corrected chi connectivity index (χ1v) is 11.0. The fourth-order valence-corrected chi connectivity index (χ4v) is 4.00. The van der Waals surface area contributed by atoms with Crippen LogP contribution in [-0.4, -0.2) is 69.8 Å². The minimum atomic E-state index is -1.25. The van der Waals surface area contributed by atoms with Gasteiger partial charge in [-0.05, 0) is 30.9 Å². The molecule has 1 fully saturated rings. The van der Waals surface area contributed by atoms with Gasteiger partial charge in [0, 0.05) is 12.1 Å². The Labute approximate surface area is 200 Å². The zero-order valence-corrected chi connectivity index (χ0v) is 19.5. The quantitative estimate of drug-likeness (QED) is 0.374. The van der Waals surface area contributed by atoms with Crippen LogP contribution in [0.5, 0.6) is 5.75 Å². The lowest BCUT2D eigenvalue weighted by Gasteiger charge is -2.31. The van der Waals surface area contributed by atoms with E-state index < -0.39 is 48.2 Å². The van der Waals surface area contributed by atoms with Crippen LogP contribution in [0.25, 0.3) is 0 Å². The minimum absolute atomic E-state index is 0.0412. The van der Waals surface area contributed by atoms with Gasteiger partial charge in [-0.15, -0.1) is 0 Å². The Balaban J connectivity index is 2.17. The number of nitrogens with one attached hydrogen (secondary N) is 2. The SMILES string of the molecule is CC(C)C(NC(=O)c1cc(Cl)c(O)c(Cl)c1)C(=O)N1CCC[C@H]1C(=O)NC(C=O)CC(=O)O. The summed E-state index contributed by atoms with van der Waals surface area (Å²) in [7, 11) is 0. The molecule has 2 rings (SSSR count). The number of nitrogens with zero attached hydrogens (tertiary/aromatic N) is 1. The highest BCUT2D eigenvalue weighted by Crippen LogP contribution is 2.32. The second kappa shape index (κ2) is 11.3. The highest BCUT2D eigenvalue weighted by atomic mass is 35.5. The number of aromatic hydroxyl groups is 1. The predicted molar refractivity (Wildman–Crippen MR) is 119 cm³/mol. The van der Waals surface area contributed by atoms with Gasteiger partial charge in [0.05, 0.1) is 22.5 Å². The van der Waals surface area contributed by atoms with Gasteiger partial charge in [-0.25, -0.2) is 0 Å². The van der Waals surface area contributed by atoms with Crippen molar-refractivity contribution in [2.24, 2.45) is 5.92 Å². The second-order valence-electron chi connectivity index (χ2n) is 8.02. The van der Waals surface area contributed by atoms with Gasteiger partial charge in [-0.1, -0.05) is 37.0 Å². The molecule has 1 aliphatic rings. The fraction of sp³-hybridized carbons (Fsp3) is 0.476. The summed E-state index contributed by atoms with van der Waals surface area (Å²) in [4.78, 5) is 61.9. The number of phenols is 1. The van der Waals surface area contributed by atoms with Crippen LogP contribution in [-0.2, 0) is 19.2 Å². The molecule has 0 aliphatic carbocycles. The molecule has 0 spiro atoms. The van der Waals surface area contributed by atoms with E-state index in [1.165, 1.54) is 17.0 Å². The number of aldehydes is 1. The van der Waals surface area contributed by atoms with Gasteiger partial charge in [-0.2, -0.15) is 0 Å². The van der Waals surface area contributed by atoms with Crippen molar-refractivity contribution in [2.75, 3.05) is 6.54 Å². The molecule has 1 aliphatic heterocycles. The molecule has 0 radical (unpaired) electrons. The monoisotopic (exact) mass is 501 g/mol. The number of benzene rings is 1. The Hall–Kier alpha value is -2.85. The third-order valence-corrected chi connectivity index (χ3v) is 5.80. The number of rotatable bonds is 9. The third-order valence-electron chi connectivity index (χ3n) is 5.22. The summed E-state index contributed by atoms with van der Waals surface area (Å²) in [6.07, 6.45) is 0.616. The molecular weight excluding hydrogens is 477 g/mol. The standard InChI is InChI=1S/C21H25Cl2N3O7/c1-10(2)17(25-19(31)11-6-13(22)18(30)14(23)7-11)21(33)26-5-3-4-15(26)20(32)24-12(9-27)8-16(28)29/h6-7,9-10,12,15,17,30H,3-5,8H2,1-2H3,(H,24,32)(H,25,31)(H,28,29)/t12?,15-,17?/m0/s1. The highest BCUT2D eigenvalue weighted by Gasteiger charge is 2.39. The van der Waals surface area contributed by atoms with Gasteiger partial charge in [0.25, 0.3) is 5.91 Å². The number of carbonyl (C=O) groups excluding carboxylic acids is 4. The van der Waals surface area contributed by atoms with Crippen LogP contribution in [0.1, 0.15) is 43.5 Å². The Morgan fingerprint density at radius 1 is 1.18 bits per heavy atom. The van der Waals surface area contributed by atoms with Crippen molar-refractivity contribution in [3.05, 3.63) is 27.7 Å². The van der Waals surface area contributed by atoms with Crippen molar-refractivity contribution in [3.63, 3.8) is 0 Å². The molecule has 1 aromatic rings. The number of phenolic OH excluding ortho intramolecular Hbond substituents is 1. The van der Waals surface area contributed by atoms with E-state index in [-0.39, 0.29) is 33.8 Å². The maximum Gasteiger partial charge on any atom is 0.305 e. The van der Waals surface area contributed by atoms with Crippen molar-refractivity contribution >= 4 is 53.2 Å². The summed E-state index contributed by atoms with van der Waals surface area (Å²) >= 11 is 11.7. The first-order chi connectivity index (χ1) is 15.5. The molecule has 12 heteroatoms. The first-order valence-electron chi connectivity index (χ1n) is 10.2. The van der Waals surface area contributed by atoms with Crippen molar-refractivity contribution in [1.82, 2.24) is 15.5 Å². The van der Waals surface area contributed by atoms with E-state index in [4.69, 9.17) is 28.3 Å². The third kappa shape index (κ3) is 6.58. The molecule has 1 aromatic carbocycles. The number of halogens is 2. The molecule has 2 unspecified atom stereocenters. The first kappa shape index (κ1) is 26.4. The normalized spacial score (nSPS) is 17.4. The number of aliphatic carboxylic acids is 1. The average Bonchev–Trinajstić information content (AvgIpc) is 3.23. The molecule has 3 amide bonds. The van der Waals surface area contributed by atoms with Crippen LogP contribution >= 0.6 is 23.2 Å². The number of hydrogen-bond donors (Lipinski definition) is 4. The van der Waals surface area contributed by atoms with Crippen LogP contribution in [0.15, 0.2) is 12.1 Å². The van der Waals surface area contributed by atoms with Crippen molar-refractivity contribution in [2.45, 2.75) is 51.2 Å². The van der Waals surface area contributed by atoms with Crippen LogP contribution in [0.4, 0.5) is 0 Å². The summed E-state index contributed by atoms with van der Waals surface area (Å²) < 4.78 is 0. The number of carboxylic acid groups (broad SMARTS) is 1. The summed E-state index contributed by atoms with van der Waals surface area (Å²) in [5, 5.41) is 23.3. The maximum atomic E-state index is 13.3. The molecule has 10 nitrogen and oxygen atoms in total. The van der Waals surface area contributed by atoms with E-state index in [1.807, 2.05) is 0 Å². The van der Waals surface area contributed by atoms with E-state index in [0.29, 0.717) is 19.1 Å². The molecule has 0 saturated carbocycles. The van der Waals surface area contributed by atoms with Crippen LogP contribution in [0.3, 0.4) is 0 Å². The molecule has 1 heterocycles. The van der Waals surface area contributed by atoms with Crippen LogP contribution in [0.2, 0.25) is 10.0 Å². The zero-order valence-electron chi connectivity index (χ0n) is 18.0. The molecule has 180 valence electrons. The minimum Gasteiger partial charge on any atom is -0.505 e. The van der Waals surface area contributed by atoms with Gasteiger partial charge in [0.1, 0.15) is 18.4 Å². The number of likely N-dealkylation sites (tertiary alicyclic amines) is 1. The Bertz CT molecular complexity index is 931. The molecule has 0 bridgehead atoms. The van der Waals surface area contributed by atoms with Gasteiger partial charge >= 0.3 is 5.97 Å². The van der Waals surface area contributed by atoms with Gasteiger partial charge < -0.3 is 30.5 Å². The van der Waals surface area contributed by atoms with E-state index in [2.05, 4.69) is 10.6 Å². The van der Waals surface area contributed by atoms with Crippen LogP contribution in [0, 0.1) is 5.92 Å². The summed E-state index contributed by atoms with van der Waals surface area (Å²) in [6, 6.07) is -0.665. The number of hydrogen-bond acceptors (Lipinski definition) is 6. The topological polar surface area (TPSA) is 153 Å². The molecular formula is C21H25Cl2N3O7. The Kier molecular flexibility index (Phi) is 9.07. The maximum absolute atomic E-state index is 13.3. The molecule has 0 aromatic heterocycles. The molecule has 3 atom stereocenters. The Morgan fingerprint density at radius 3 is 2.30 bits per heavy atom. The number of carbonyl (C=O) groups is 5. The van der Waals surface area contributed by atoms with Gasteiger partial charge in [0.15, 0.2) is 5.75 Å². The molecule has 33 heavy (non-hydrogen) atoms. The lowest BCUT2D eigenvalue weighted by Crippen LogP contribution is -2.56. The van der Waals surface area contributed by atoms with Gasteiger partial charge in [0.2, 0.25) is 11.8 Å². The number of carboxylic acids is 1. The highest BCUT2D eigenvalue weighted by molar-refractivity contribution is 6.37. The van der Waals surface area contributed by atoms with Crippen LogP contribution < -0.4 is 10.6 Å². The van der Waals surface area contributed by atoms with Crippen molar-refractivity contribution < 1.29 is 34.2 Å². The van der Waals surface area contributed by atoms with E-state index in [1.54, 1.807) is 13.8 Å². The lowest BCUT2D eigenvalue weighted by molar-refractivity contribution is -0.142. The predicted octanol–water partition coefficient (Wildman–Crippen LogP) is 1.60. The number of amides is 3. The van der Waals surface area contributed by atoms with E-state index in [9.17, 15) is 29.1 Å². The summed E-state index contributed by atoms with van der Waals surface area (Å²) in [6.45, 7) is 3.71.